The van der Waals surface area contributed by atoms with Crippen molar-refractivity contribution in [2.45, 2.75) is 43.7 Å². The summed E-state index contributed by atoms with van der Waals surface area (Å²) in [6.45, 7) is 9.43. The van der Waals surface area contributed by atoms with Gasteiger partial charge in [-0.15, -0.1) is 0 Å². The lowest BCUT2D eigenvalue weighted by Gasteiger charge is -2.38. The van der Waals surface area contributed by atoms with Gasteiger partial charge < -0.3 is 9.55 Å². The molecule has 0 amide bonds. The monoisotopic (exact) mass is 633 g/mol. The van der Waals surface area contributed by atoms with E-state index in [0.717, 1.165) is 11.4 Å². The van der Waals surface area contributed by atoms with Gasteiger partial charge in [0, 0.05) is 18.4 Å². The van der Waals surface area contributed by atoms with Crippen molar-refractivity contribution in [2.24, 2.45) is 0 Å². The maximum Gasteiger partial charge on any atom is 0.369 e. The lowest BCUT2D eigenvalue weighted by Crippen LogP contribution is -2.31. The van der Waals surface area contributed by atoms with Crippen LogP contribution in [0.5, 0.6) is 5.75 Å². The predicted molar refractivity (Wildman–Crippen MR) is 208 cm³/mol. The van der Waals surface area contributed by atoms with Gasteiger partial charge in [0.25, 0.3) is 0 Å². The van der Waals surface area contributed by atoms with E-state index in [1.54, 1.807) is 0 Å². The highest BCUT2D eigenvalue weighted by molar-refractivity contribution is 6.73. The van der Waals surface area contributed by atoms with Gasteiger partial charge in [-0.05, 0) is 108 Å². The molecule has 1 unspecified atom stereocenters. The topological polar surface area (TPSA) is 12.5 Å². The van der Waals surface area contributed by atoms with Gasteiger partial charge >= 0.3 is 6.92 Å². The molecule has 1 fully saturated rings. The molecule has 1 atom stereocenters. The van der Waals surface area contributed by atoms with Crippen molar-refractivity contribution in [2.75, 3.05) is 11.9 Å². The Morgan fingerprint density at radius 1 is 0.490 bits per heavy atom. The third-order valence-electron chi connectivity index (χ3n) is 12.1. The largest absolute Gasteiger partial charge is 0.560 e. The molecule has 0 aromatic heterocycles. The lowest BCUT2D eigenvalue weighted by molar-refractivity contribution is 0.577. The number of hydrogen-bond acceptors (Lipinski definition) is 2. The standard InChI is InChI=1S/C46H40BNO/c1-44(2)45(3,4)47(44)49-37-25-26-39-38-21-13-14-22-40(38)46(41(39)30-37,35-24-23-31-15-9-10-16-32(31)27-35)42-28-33-17-11-12-18-34(33)29-43(42)48(5)36-19-7-6-8-20-36/h6-30H,1-5H3. The van der Waals surface area contributed by atoms with Crippen LogP contribution in [-0.2, 0) is 5.41 Å². The van der Waals surface area contributed by atoms with Crippen molar-refractivity contribution >= 4 is 39.8 Å². The molecular formula is C46H40BNO. The second-order valence-corrected chi connectivity index (χ2v) is 15.1. The minimum absolute atomic E-state index is 0.105. The first-order valence-corrected chi connectivity index (χ1v) is 17.4. The fourth-order valence-electron chi connectivity index (χ4n) is 8.67. The summed E-state index contributed by atoms with van der Waals surface area (Å²) in [6.07, 6.45) is 0. The highest BCUT2D eigenvalue weighted by Gasteiger charge is 2.72. The summed E-state index contributed by atoms with van der Waals surface area (Å²) < 4.78 is 6.92. The summed E-state index contributed by atoms with van der Waals surface area (Å²) in [4.78, 5) is 2.36. The average molecular weight is 634 g/mol. The Kier molecular flexibility index (Phi) is 6.46. The smallest absolute Gasteiger partial charge is 0.369 e. The van der Waals surface area contributed by atoms with Crippen LogP contribution in [0.25, 0.3) is 32.7 Å². The van der Waals surface area contributed by atoms with E-state index in [-0.39, 0.29) is 17.5 Å². The second kappa shape index (κ2) is 10.6. The number of rotatable bonds is 6. The number of nitrogens with zero attached hydrogens (tertiary/aromatic N) is 1. The second-order valence-electron chi connectivity index (χ2n) is 15.1. The van der Waals surface area contributed by atoms with Gasteiger partial charge in [0.15, 0.2) is 0 Å². The van der Waals surface area contributed by atoms with E-state index in [4.69, 9.17) is 4.65 Å². The molecule has 7 aromatic rings. The first kappa shape index (κ1) is 29.8. The van der Waals surface area contributed by atoms with Crippen molar-refractivity contribution < 1.29 is 4.65 Å². The lowest BCUT2D eigenvalue weighted by atomic mass is 9.66. The molecule has 0 saturated carbocycles. The normalized spacial score (nSPS) is 18.3. The molecule has 0 spiro atoms. The van der Waals surface area contributed by atoms with Gasteiger partial charge in [0.05, 0.1) is 11.2 Å². The fraction of sp³-hybridized carbons (Fsp3) is 0.174. The van der Waals surface area contributed by atoms with E-state index < -0.39 is 5.41 Å². The number of para-hydroxylation sites is 1. The zero-order valence-electron chi connectivity index (χ0n) is 28.9. The van der Waals surface area contributed by atoms with Crippen LogP contribution in [0.2, 0.25) is 10.6 Å². The minimum Gasteiger partial charge on any atom is -0.560 e. The molecule has 2 nitrogen and oxygen atoms in total. The van der Waals surface area contributed by atoms with Crippen molar-refractivity contribution in [3.05, 3.63) is 174 Å². The predicted octanol–water partition coefficient (Wildman–Crippen LogP) is 12.1. The van der Waals surface area contributed by atoms with Crippen molar-refractivity contribution in [3.8, 4) is 16.9 Å². The van der Waals surface area contributed by atoms with E-state index in [0.29, 0.717) is 0 Å². The van der Waals surface area contributed by atoms with Crippen LogP contribution < -0.4 is 9.55 Å². The Hall–Kier alpha value is -5.28. The SMILES string of the molecule is CN(c1ccccc1)c1cc2ccccc2cc1C1(c2ccc3ccccc3c2)c2ccccc2-c2ccc(OB3C(C)(C)C3(C)C)cc21. The highest BCUT2D eigenvalue weighted by atomic mass is 16.4. The number of anilines is 2. The molecule has 2 aliphatic rings. The Labute approximate surface area is 290 Å². The Balaban J connectivity index is 1.40. The third-order valence-corrected chi connectivity index (χ3v) is 12.1. The Morgan fingerprint density at radius 3 is 1.80 bits per heavy atom. The van der Waals surface area contributed by atoms with Crippen LogP contribution in [-0.4, -0.2) is 14.0 Å². The van der Waals surface area contributed by atoms with Crippen molar-refractivity contribution in [3.63, 3.8) is 0 Å². The van der Waals surface area contributed by atoms with Crippen LogP contribution in [0, 0.1) is 0 Å². The molecule has 238 valence electrons. The van der Waals surface area contributed by atoms with Gasteiger partial charge in [-0.3, -0.25) is 0 Å². The molecule has 0 bridgehead atoms. The van der Waals surface area contributed by atoms with E-state index in [1.807, 2.05) is 0 Å². The summed E-state index contributed by atoms with van der Waals surface area (Å²) in [5.41, 5.74) is 9.29. The maximum atomic E-state index is 6.92. The first-order chi connectivity index (χ1) is 23.7. The molecular weight excluding hydrogens is 593 g/mol. The number of hydrogen-bond donors (Lipinski definition) is 0. The fourth-order valence-corrected chi connectivity index (χ4v) is 8.67. The molecule has 0 N–H and O–H groups in total. The molecule has 1 aliphatic carbocycles. The van der Waals surface area contributed by atoms with Crippen LogP contribution in [0.4, 0.5) is 11.4 Å². The third kappa shape index (κ3) is 4.28. The summed E-state index contributed by atoms with van der Waals surface area (Å²) in [5.74, 6) is 0.930. The van der Waals surface area contributed by atoms with Crippen LogP contribution >= 0.6 is 0 Å². The van der Waals surface area contributed by atoms with Crippen LogP contribution in [0.1, 0.15) is 49.9 Å². The molecule has 0 radical (unpaired) electrons. The molecule has 3 heteroatoms. The average Bonchev–Trinajstić information content (AvgIpc) is 3.37. The number of benzene rings is 7. The summed E-state index contributed by atoms with van der Waals surface area (Å²) in [6, 6.07) is 56.0. The van der Waals surface area contributed by atoms with Gasteiger partial charge in [-0.1, -0.05) is 137 Å². The van der Waals surface area contributed by atoms with Gasteiger partial charge in [0.2, 0.25) is 0 Å². The Morgan fingerprint density at radius 2 is 1.08 bits per heavy atom. The molecule has 1 saturated heterocycles. The van der Waals surface area contributed by atoms with E-state index in [1.165, 1.54) is 60.6 Å². The molecule has 9 rings (SSSR count). The van der Waals surface area contributed by atoms with E-state index in [2.05, 4.69) is 191 Å². The van der Waals surface area contributed by atoms with E-state index >= 15 is 0 Å². The highest BCUT2D eigenvalue weighted by Crippen LogP contribution is 2.73. The van der Waals surface area contributed by atoms with Gasteiger partial charge in [-0.25, -0.2) is 0 Å². The van der Waals surface area contributed by atoms with Crippen molar-refractivity contribution in [1.29, 1.82) is 0 Å². The maximum absolute atomic E-state index is 6.92. The zero-order valence-corrected chi connectivity index (χ0v) is 28.9. The molecule has 7 aromatic carbocycles. The zero-order chi connectivity index (χ0) is 33.5. The molecule has 1 heterocycles. The quantitative estimate of drug-likeness (QED) is 0.169. The van der Waals surface area contributed by atoms with E-state index in [9.17, 15) is 0 Å². The summed E-state index contributed by atoms with van der Waals surface area (Å²) in [5, 5.41) is 5.13. The number of fused-ring (bicyclic) bond motifs is 5. The minimum atomic E-state index is -0.619. The van der Waals surface area contributed by atoms with Gasteiger partial charge in [0.1, 0.15) is 0 Å². The van der Waals surface area contributed by atoms with Crippen LogP contribution in [0.3, 0.4) is 0 Å². The molecule has 1 aliphatic heterocycles. The Bertz CT molecular complexity index is 2400. The van der Waals surface area contributed by atoms with Crippen molar-refractivity contribution in [1.82, 2.24) is 0 Å². The van der Waals surface area contributed by atoms with Gasteiger partial charge in [-0.2, -0.15) is 0 Å². The first-order valence-electron chi connectivity index (χ1n) is 17.4. The van der Waals surface area contributed by atoms with Crippen LogP contribution in [0.15, 0.2) is 152 Å². The molecule has 49 heavy (non-hydrogen) atoms. The summed E-state index contributed by atoms with van der Waals surface area (Å²) in [7, 11) is 2.20. The summed E-state index contributed by atoms with van der Waals surface area (Å²) >= 11 is 0.